The summed E-state index contributed by atoms with van der Waals surface area (Å²) in [4.78, 5) is 33.3. The van der Waals surface area contributed by atoms with Gasteiger partial charge in [0.15, 0.2) is 0 Å². The number of rotatable bonds is 6. The molecule has 148 valence electrons. The number of Topliss-reactive ketones (excluding diaryl/α,β-unsaturated/α-hetero) is 1. The van der Waals surface area contributed by atoms with Gasteiger partial charge < -0.3 is 14.9 Å². The lowest BCUT2D eigenvalue weighted by Crippen LogP contribution is -2.32. The number of nitrogens with zero attached hydrogens (tertiary/aromatic N) is 4. The number of pyridine rings is 1. The maximum atomic E-state index is 12.9. The lowest BCUT2D eigenvalue weighted by atomic mass is 9.95. The van der Waals surface area contributed by atoms with E-state index in [-0.39, 0.29) is 11.3 Å². The predicted molar refractivity (Wildman–Crippen MR) is 104 cm³/mol. The van der Waals surface area contributed by atoms with Crippen molar-refractivity contribution in [2.75, 3.05) is 27.2 Å². The van der Waals surface area contributed by atoms with Gasteiger partial charge in [0.05, 0.1) is 22.9 Å². The molecule has 28 heavy (non-hydrogen) atoms. The van der Waals surface area contributed by atoms with E-state index >= 15 is 0 Å². The number of aliphatic hydroxyl groups excluding tert-OH is 1. The Morgan fingerprint density at radius 2 is 1.93 bits per heavy atom. The molecule has 1 fully saturated rings. The molecular formula is C20H25N5O3. The Morgan fingerprint density at radius 3 is 2.50 bits per heavy atom. The number of carbonyl (C=O) groups is 2. The highest BCUT2D eigenvalue weighted by molar-refractivity contribution is 6.46. The molecule has 1 saturated heterocycles. The van der Waals surface area contributed by atoms with Crippen LogP contribution in [-0.2, 0) is 9.59 Å². The molecular weight excluding hydrogens is 358 g/mol. The zero-order valence-corrected chi connectivity index (χ0v) is 16.6. The maximum absolute atomic E-state index is 12.9. The molecule has 0 radical (unpaired) electrons. The number of nitrogens with one attached hydrogen (secondary N) is 1. The molecule has 0 saturated carbocycles. The first kappa shape index (κ1) is 19.8. The Bertz CT molecular complexity index is 898. The summed E-state index contributed by atoms with van der Waals surface area (Å²) in [5, 5.41) is 17.9. The SMILES string of the molecule is Cc1n[nH]c(C)c1/C(O)=C1\C(=O)C(=O)N(CCCN(C)C)[C@@H]1c1ccncc1. The molecule has 0 aliphatic carbocycles. The first-order chi connectivity index (χ1) is 13.3. The molecule has 2 aromatic rings. The Morgan fingerprint density at radius 1 is 1.25 bits per heavy atom. The van der Waals surface area contributed by atoms with E-state index in [0.29, 0.717) is 29.9 Å². The third kappa shape index (κ3) is 3.55. The molecule has 0 aromatic carbocycles. The summed E-state index contributed by atoms with van der Waals surface area (Å²) in [6.07, 6.45) is 3.94. The van der Waals surface area contributed by atoms with Crippen LogP contribution in [0.4, 0.5) is 0 Å². The molecule has 3 rings (SSSR count). The standard InChI is InChI=1S/C20H25N5O3/c1-12-15(13(2)23-22-12)18(26)16-17(14-6-8-21-9-7-14)25(20(28)19(16)27)11-5-10-24(3)4/h6-9,17,26H,5,10-11H2,1-4H3,(H,22,23)/b18-16+/t17-/m1/s1. The van der Waals surface area contributed by atoms with E-state index in [4.69, 9.17) is 0 Å². The monoisotopic (exact) mass is 383 g/mol. The number of aromatic nitrogens is 3. The highest BCUT2D eigenvalue weighted by atomic mass is 16.3. The number of hydrogen-bond donors (Lipinski definition) is 2. The molecule has 0 spiro atoms. The number of amides is 1. The van der Waals surface area contributed by atoms with E-state index in [1.54, 1.807) is 38.4 Å². The van der Waals surface area contributed by atoms with Gasteiger partial charge in [0, 0.05) is 24.6 Å². The van der Waals surface area contributed by atoms with Gasteiger partial charge in [0.2, 0.25) is 0 Å². The van der Waals surface area contributed by atoms with Crippen LogP contribution in [0.1, 0.15) is 35.0 Å². The van der Waals surface area contributed by atoms with Crippen LogP contribution in [0, 0.1) is 13.8 Å². The fourth-order valence-electron chi connectivity index (χ4n) is 3.59. The highest BCUT2D eigenvalue weighted by Crippen LogP contribution is 2.39. The molecule has 1 amide bonds. The first-order valence-electron chi connectivity index (χ1n) is 9.18. The predicted octanol–water partition coefficient (Wildman–Crippen LogP) is 1.79. The number of aromatic amines is 1. The lowest BCUT2D eigenvalue weighted by Gasteiger charge is -2.25. The number of likely N-dealkylation sites (tertiary alicyclic amines) is 1. The topological polar surface area (TPSA) is 102 Å². The molecule has 1 atom stereocenters. The summed E-state index contributed by atoms with van der Waals surface area (Å²) < 4.78 is 0. The number of ketones is 1. The summed E-state index contributed by atoms with van der Waals surface area (Å²) in [7, 11) is 3.91. The molecule has 8 nitrogen and oxygen atoms in total. The zero-order valence-electron chi connectivity index (χ0n) is 16.6. The number of H-pyrrole nitrogens is 1. The van der Waals surface area contributed by atoms with E-state index in [0.717, 1.165) is 12.1 Å². The minimum Gasteiger partial charge on any atom is -0.507 e. The van der Waals surface area contributed by atoms with Gasteiger partial charge in [-0.05, 0) is 58.6 Å². The fourth-order valence-corrected chi connectivity index (χ4v) is 3.59. The van der Waals surface area contributed by atoms with Crippen molar-refractivity contribution in [3.8, 4) is 0 Å². The van der Waals surface area contributed by atoms with E-state index < -0.39 is 17.7 Å². The summed E-state index contributed by atoms with van der Waals surface area (Å²) in [5.41, 5.74) is 2.50. The maximum Gasteiger partial charge on any atom is 0.295 e. The fraction of sp³-hybridized carbons (Fsp3) is 0.400. The van der Waals surface area contributed by atoms with Crippen LogP contribution in [0.2, 0.25) is 0 Å². The second-order valence-corrected chi connectivity index (χ2v) is 7.24. The summed E-state index contributed by atoms with van der Waals surface area (Å²) >= 11 is 0. The van der Waals surface area contributed by atoms with Crippen LogP contribution < -0.4 is 0 Å². The minimum absolute atomic E-state index is 0.0913. The molecule has 2 aromatic heterocycles. The number of aliphatic hydroxyl groups is 1. The van der Waals surface area contributed by atoms with Gasteiger partial charge >= 0.3 is 0 Å². The molecule has 0 bridgehead atoms. The van der Waals surface area contributed by atoms with E-state index in [1.807, 2.05) is 19.0 Å². The molecule has 0 unspecified atom stereocenters. The van der Waals surface area contributed by atoms with Crippen molar-refractivity contribution in [3.63, 3.8) is 0 Å². The van der Waals surface area contributed by atoms with Crippen LogP contribution in [0.25, 0.3) is 5.76 Å². The quantitative estimate of drug-likeness (QED) is 0.448. The zero-order chi connectivity index (χ0) is 20.4. The van der Waals surface area contributed by atoms with Crippen molar-refractivity contribution < 1.29 is 14.7 Å². The Balaban J connectivity index is 2.10. The van der Waals surface area contributed by atoms with Gasteiger partial charge in [0.1, 0.15) is 5.76 Å². The largest absolute Gasteiger partial charge is 0.507 e. The van der Waals surface area contributed by atoms with Gasteiger partial charge in [-0.1, -0.05) is 0 Å². The molecule has 1 aliphatic heterocycles. The summed E-state index contributed by atoms with van der Waals surface area (Å²) in [5.74, 6) is -1.47. The third-order valence-corrected chi connectivity index (χ3v) is 4.93. The lowest BCUT2D eigenvalue weighted by molar-refractivity contribution is -0.139. The molecule has 3 heterocycles. The van der Waals surface area contributed by atoms with Gasteiger partial charge in [-0.15, -0.1) is 0 Å². The normalized spacial score (nSPS) is 19.0. The van der Waals surface area contributed by atoms with Crippen LogP contribution >= 0.6 is 0 Å². The average molecular weight is 383 g/mol. The highest BCUT2D eigenvalue weighted by Gasteiger charge is 2.46. The van der Waals surface area contributed by atoms with Crippen LogP contribution in [0.3, 0.4) is 0 Å². The van der Waals surface area contributed by atoms with Gasteiger partial charge in [-0.3, -0.25) is 19.7 Å². The van der Waals surface area contributed by atoms with E-state index in [1.165, 1.54) is 4.90 Å². The van der Waals surface area contributed by atoms with Crippen molar-refractivity contribution in [3.05, 3.63) is 52.6 Å². The van der Waals surface area contributed by atoms with E-state index in [2.05, 4.69) is 15.2 Å². The average Bonchev–Trinajstić information content (AvgIpc) is 3.12. The smallest absolute Gasteiger partial charge is 0.295 e. The van der Waals surface area contributed by atoms with Crippen molar-refractivity contribution >= 4 is 17.4 Å². The van der Waals surface area contributed by atoms with Gasteiger partial charge in [-0.25, -0.2) is 0 Å². The molecule has 2 N–H and O–H groups in total. The number of carbonyl (C=O) groups excluding carboxylic acids is 2. The van der Waals surface area contributed by atoms with Crippen molar-refractivity contribution in [1.82, 2.24) is 25.0 Å². The third-order valence-electron chi connectivity index (χ3n) is 4.93. The van der Waals surface area contributed by atoms with E-state index in [9.17, 15) is 14.7 Å². The molecule has 1 aliphatic rings. The first-order valence-corrected chi connectivity index (χ1v) is 9.18. The van der Waals surface area contributed by atoms with Gasteiger partial charge in [-0.2, -0.15) is 5.10 Å². The van der Waals surface area contributed by atoms with Crippen molar-refractivity contribution in [2.45, 2.75) is 26.3 Å². The number of hydrogen-bond acceptors (Lipinski definition) is 6. The number of aryl methyl sites for hydroxylation is 2. The van der Waals surface area contributed by atoms with Crippen molar-refractivity contribution in [1.29, 1.82) is 0 Å². The van der Waals surface area contributed by atoms with Crippen LogP contribution in [0.15, 0.2) is 30.1 Å². The van der Waals surface area contributed by atoms with Crippen LogP contribution in [0.5, 0.6) is 0 Å². The molecule has 8 heteroatoms. The summed E-state index contributed by atoms with van der Waals surface area (Å²) in [6.45, 7) is 4.71. The van der Waals surface area contributed by atoms with Crippen LogP contribution in [-0.4, -0.2) is 69.0 Å². The second kappa shape index (κ2) is 7.93. The minimum atomic E-state index is -0.677. The summed E-state index contributed by atoms with van der Waals surface area (Å²) in [6, 6.07) is 2.87. The second-order valence-electron chi connectivity index (χ2n) is 7.24. The Hall–Kier alpha value is -3.00. The Kier molecular flexibility index (Phi) is 5.60. The van der Waals surface area contributed by atoms with Crippen molar-refractivity contribution in [2.24, 2.45) is 0 Å². The Labute approximate surface area is 163 Å². The van der Waals surface area contributed by atoms with Gasteiger partial charge in [0.25, 0.3) is 11.7 Å².